The van der Waals surface area contributed by atoms with Crippen LogP contribution in [0.3, 0.4) is 0 Å². The topological polar surface area (TPSA) is 74.1 Å². The van der Waals surface area contributed by atoms with Gasteiger partial charge in [-0.1, -0.05) is 39.8 Å². The lowest BCUT2D eigenvalue weighted by molar-refractivity contribution is 0.590. The molecule has 0 amide bonds. The number of sulfonamides is 1. The molecule has 0 unspecified atom stereocenters. The van der Waals surface area contributed by atoms with Crippen LogP contribution in [0.4, 0.5) is 11.4 Å². The van der Waals surface area contributed by atoms with E-state index in [2.05, 4.69) is 37.5 Å². The van der Waals surface area contributed by atoms with E-state index in [0.29, 0.717) is 12.2 Å². The molecule has 2 aromatic carbocycles. The molecule has 1 N–H and O–H groups in total. The number of benzene rings is 2. The lowest BCUT2D eigenvalue weighted by Crippen LogP contribution is -2.34. The smallest absolute Gasteiger partial charge is 0.232 e. The van der Waals surface area contributed by atoms with E-state index in [4.69, 9.17) is 0 Å². The van der Waals surface area contributed by atoms with Crippen LogP contribution in [0.15, 0.2) is 57.0 Å². The molecular weight excluding hydrogens is 460 g/mol. The fourth-order valence-corrected chi connectivity index (χ4v) is 5.91. The Hall–Kier alpha value is -1.84. The monoisotopic (exact) mass is 478 g/mol. The van der Waals surface area contributed by atoms with Crippen LogP contribution in [0.1, 0.15) is 18.1 Å². The number of thioether (sulfide) groups is 1. The summed E-state index contributed by atoms with van der Waals surface area (Å²) < 4.78 is 26.6. The zero-order valence-corrected chi connectivity index (χ0v) is 18.6. The number of aliphatic imine (C=N–C) groups is 1. The van der Waals surface area contributed by atoms with Crippen molar-refractivity contribution < 1.29 is 8.42 Å². The highest BCUT2D eigenvalue weighted by atomic mass is 79.9. The summed E-state index contributed by atoms with van der Waals surface area (Å²) in [6, 6.07) is 13.6. The summed E-state index contributed by atoms with van der Waals surface area (Å²) >= 11 is 5.04. The normalized spacial score (nSPS) is 20.7. The third-order valence-corrected chi connectivity index (χ3v) is 7.23. The Labute approximate surface area is 177 Å². The van der Waals surface area contributed by atoms with Gasteiger partial charge < -0.3 is 0 Å². The first-order valence-corrected chi connectivity index (χ1v) is 12.4. The van der Waals surface area contributed by atoms with E-state index in [0.717, 1.165) is 37.9 Å². The maximum atomic E-state index is 12.1. The molecule has 146 valence electrons. The van der Waals surface area contributed by atoms with Crippen molar-refractivity contribution in [2.45, 2.75) is 19.4 Å². The zero-order valence-electron chi connectivity index (χ0n) is 15.4. The summed E-state index contributed by atoms with van der Waals surface area (Å²) in [4.78, 5) is 4.57. The fraction of sp³-hybridized carbons (Fsp3) is 0.263. The molecule has 0 spiro atoms. The van der Waals surface area contributed by atoms with Gasteiger partial charge in [-0.05, 0) is 54.8 Å². The van der Waals surface area contributed by atoms with Gasteiger partial charge in [0.15, 0.2) is 5.17 Å². The number of nitrogens with zero attached hydrogens (tertiary/aromatic N) is 3. The summed E-state index contributed by atoms with van der Waals surface area (Å²) in [5.41, 5.74) is 7.62. The fourth-order valence-electron chi connectivity index (χ4n) is 3.47. The molecule has 0 fully saturated rings. The molecule has 6 nitrogen and oxygen atoms in total. The van der Waals surface area contributed by atoms with Gasteiger partial charge in [-0.25, -0.2) is 13.4 Å². The minimum atomic E-state index is -3.28. The Balaban J connectivity index is 1.56. The van der Waals surface area contributed by atoms with Crippen molar-refractivity contribution in [3.63, 3.8) is 0 Å². The molecule has 4 rings (SSSR count). The number of hydrogen-bond donors (Lipinski definition) is 1. The zero-order chi connectivity index (χ0) is 19.9. The average molecular weight is 479 g/mol. The molecule has 1 atom stereocenters. The van der Waals surface area contributed by atoms with Gasteiger partial charge in [0.2, 0.25) is 10.0 Å². The van der Waals surface area contributed by atoms with E-state index < -0.39 is 10.0 Å². The van der Waals surface area contributed by atoms with Gasteiger partial charge in [0, 0.05) is 16.3 Å². The second kappa shape index (κ2) is 7.53. The molecule has 0 bridgehead atoms. The standard InChI is InChI=1S/C19H19BrN4O2S2/c1-12-8-14-9-13(6-7-18(14)24(12)28(2,25)26)17-11-27-19(23-22-17)21-16-5-3-4-15(20)10-16/h3-7,9-10,12H,8,11H2,1-2H3,(H,21,23)/t12-/m0/s1. The van der Waals surface area contributed by atoms with Crippen LogP contribution in [0.25, 0.3) is 0 Å². The van der Waals surface area contributed by atoms with Gasteiger partial charge in [-0.3, -0.25) is 9.73 Å². The predicted octanol–water partition coefficient (Wildman–Crippen LogP) is 3.89. The molecule has 2 heterocycles. The summed E-state index contributed by atoms with van der Waals surface area (Å²) in [6.45, 7) is 1.93. The number of hydrazone groups is 1. The largest absolute Gasteiger partial charge is 0.267 e. The van der Waals surface area contributed by atoms with Crippen LogP contribution < -0.4 is 9.73 Å². The van der Waals surface area contributed by atoms with Crippen molar-refractivity contribution in [1.29, 1.82) is 0 Å². The van der Waals surface area contributed by atoms with Crippen LogP contribution in [-0.4, -0.2) is 37.3 Å². The summed E-state index contributed by atoms with van der Waals surface area (Å²) in [7, 11) is -3.28. The third-order valence-electron chi connectivity index (χ3n) is 4.59. The van der Waals surface area contributed by atoms with Gasteiger partial charge in [-0.2, -0.15) is 5.10 Å². The van der Waals surface area contributed by atoms with Crippen LogP contribution in [0.2, 0.25) is 0 Å². The van der Waals surface area contributed by atoms with Crippen molar-refractivity contribution in [1.82, 2.24) is 5.43 Å². The van der Waals surface area contributed by atoms with Gasteiger partial charge >= 0.3 is 0 Å². The Morgan fingerprint density at radius 2 is 2.11 bits per heavy atom. The van der Waals surface area contributed by atoms with E-state index in [1.165, 1.54) is 10.6 Å². The van der Waals surface area contributed by atoms with Crippen molar-refractivity contribution in [3.05, 3.63) is 58.1 Å². The average Bonchev–Trinajstić information content (AvgIpc) is 2.97. The number of anilines is 1. The Morgan fingerprint density at radius 1 is 1.29 bits per heavy atom. The quantitative estimate of drug-likeness (QED) is 0.725. The summed E-state index contributed by atoms with van der Waals surface area (Å²) in [5, 5.41) is 5.23. The van der Waals surface area contributed by atoms with Crippen LogP contribution in [0.5, 0.6) is 0 Å². The molecule has 2 aliphatic rings. The second-order valence-electron chi connectivity index (χ2n) is 6.81. The maximum absolute atomic E-state index is 12.1. The first-order chi connectivity index (χ1) is 13.3. The minimum Gasteiger partial charge on any atom is -0.267 e. The molecule has 0 radical (unpaired) electrons. The van der Waals surface area contributed by atoms with Crippen LogP contribution in [-0.2, 0) is 16.4 Å². The molecule has 9 heteroatoms. The highest BCUT2D eigenvalue weighted by Gasteiger charge is 2.32. The molecule has 2 aromatic rings. The highest BCUT2D eigenvalue weighted by Crippen LogP contribution is 2.35. The van der Waals surface area contributed by atoms with E-state index in [-0.39, 0.29) is 6.04 Å². The van der Waals surface area contributed by atoms with E-state index >= 15 is 0 Å². The summed E-state index contributed by atoms with van der Waals surface area (Å²) in [6.07, 6.45) is 1.96. The second-order valence-corrected chi connectivity index (χ2v) is 10.6. The first kappa shape index (κ1) is 19.5. The first-order valence-electron chi connectivity index (χ1n) is 8.73. The molecule has 2 aliphatic heterocycles. The van der Waals surface area contributed by atoms with E-state index in [1.54, 1.807) is 11.8 Å². The van der Waals surface area contributed by atoms with Crippen LogP contribution in [0, 0.1) is 0 Å². The summed E-state index contributed by atoms with van der Waals surface area (Å²) in [5.74, 6) is 0.698. The van der Waals surface area contributed by atoms with Crippen molar-refractivity contribution in [2.75, 3.05) is 16.3 Å². The Kier molecular flexibility index (Phi) is 5.24. The van der Waals surface area contributed by atoms with Crippen molar-refractivity contribution >= 4 is 60.0 Å². The Bertz CT molecular complexity index is 1100. The Morgan fingerprint density at radius 3 is 2.79 bits per heavy atom. The number of amidine groups is 1. The van der Waals surface area contributed by atoms with Gasteiger partial charge in [-0.15, -0.1) is 0 Å². The predicted molar refractivity (Wildman–Crippen MR) is 120 cm³/mol. The minimum absolute atomic E-state index is 0.0648. The number of nitrogens with one attached hydrogen (secondary N) is 1. The van der Waals surface area contributed by atoms with E-state index in [1.807, 2.05) is 43.3 Å². The van der Waals surface area contributed by atoms with Crippen molar-refractivity contribution in [3.8, 4) is 0 Å². The number of hydrogen-bond acceptors (Lipinski definition) is 5. The SMILES string of the molecule is C[C@H]1Cc2cc(C3=NNC(=Nc4cccc(Br)c4)SC3)ccc2N1S(C)(=O)=O. The highest BCUT2D eigenvalue weighted by molar-refractivity contribution is 9.10. The molecule has 0 aromatic heterocycles. The maximum Gasteiger partial charge on any atom is 0.232 e. The lowest BCUT2D eigenvalue weighted by Gasteiger charge is -2.22. The third kappa shape index (κ3) is 3.97. The van der Waals surface area contributed by atoms with Gasteiger partial charge in [0.25, 0.3) is 0 Å². The van der Waals surface area contributed by atoms with Gasteiger partial charge in [0.1, 0.15) is 0 Å². The number of halogens is 1. The number of rotatable bonds is 3. The molecule has 0 saturated heterocycles. The van der Waals surface area contributed by atoms with Crippen LogP contribution >= 0.6 is 27.7 Å². The lowest BCUT2D eigenvalue weighted by atomic mass is 10.0. The number of fused-ring (bicyclic) bond motifs is 1. The van der Waals surface area contributed by atoms with E-state index in [9.17, 15) is 8.42 Å². The molecule has 28 heavy (non-hydrogen) atoms. The molecule has 0 saturated carbocycles. The van der Waals surface area contributed by atoms with Crippen molar-refractivity contribution in [2.24, 2.45) is 10.1 Å². The van der Waals surface area contributed by atoms with Gasteiger partial charge in [0.05, 0.1) is 23.3 Å². The molecular formula is C19H19BrN4O2S2. The molecule has 0 aliphatic carbocycles.